The molecule has 5 heteroatoms. The highest BCUT2D eigenvalue weighted by atomic mass is 16.1. The van der Waals surface area contributed by atoms with E-state index in [4.69, 9.17) is 4.98 Å². The summed E-state index contributed by atoms with van der Waals surface area (Å²) in [6.07, 6.45) is 1.71. The number of imidazole rings is 1. The van der Waals surface area contributed by atoms with Crippen LogP contribution in [0, 0.1) is 19.8 Å². The molecule has 2 heterocycles. The van der Waals surface area contributed by atoms with Gasteiger partial charge in [0.15, 0.2) is 0 Å². The Labute approximate surface area is 159 Å². The van der Waals surface area contributed by atoms with Gasteiger partial charge in [0.1, 0.15) is 0 Å². The Kier molecular flexibility index (Phi) is 4.84. The fourth-order valence-corrected chi connectivity index (χ4v) is 3.77. The predicted octanol–water partition coefficient (Wildman–Crippen LogP) is 3.71. The highest BCUT2D eigenvalue weighted by Crippen LogP contribution is 2.24. The lowest BCUT2D eigenvalue weighted by molar-refractivity contribution is -0.125. The lowest BCUT2D eigenvalue weighted by Gasteiger charge is -2.31. The number of amides is 1. The smallest absolute Gasteiger partial charge is 0.223 e. The second-order valence-corrected chi connectivity index (χ2v) is 7.55. The van der Waals surface area contributed by atoms with E-state index in [9.17, 15) is 4.79 Å². The molecule has 1 amide bonds. The molecule has 2 aromatic carbocycles. The van der Waals surface area contributed by atoms with Gasteiger partial charge in [-0.15, -0.1) is 0 Å². The second kappa shape index (κ2) is 7.43. The molecule has 140 valence electrons. The Balaban J connectivity index is 1.33. The standard InChI is InChI=1S/C22H26N4O/c1-15-4-3-5-17(12-15)14-23-21(27)18-8-10-26(11-9-18)22-24-19-7-6-16(2)13-20(19)25-22/h3-7,12-13,18H,8-11,14H2,1-2H3,(H,23,27)(H,24,25). The molecule has 0 bridgehead atoms. The van der Waals surface area contributed by atoms with Crippen molar-refractivity contribution in [2.24, 2.45) is 5.92 Å². The van der Waals surface area contributed by atoms with Gasteiger partial charge in [0, 0.05) is 25.6 Å². The quantitative estimate of drug-likeness (QED) is 0.744. The first kappa shape index (κ1) is 17.6. The second-order valence-electron chi connectivity index (χ2n) is 7.55. The summed E-state index contributed by atoms with van der Waals surface area (Å²) in [7, 11) is 0. The van der Waals surface area contributed by atoms with Crippen LogP contribution in [0.2, 0.25) is 0 Å². The first-order valence-electron chi connectivity index (χ1n) is 9.63. The third-order valence-electron chi connectivity index (χ3n) is 5.34. The Morgan fingerprint density at radius 1 is 1.15 bits per heavy atom. The summed E-state index contributed by atoms with van der Waals surface area (Å²) in [5, 5.41) is 3.10. The lowest BCUT2D eigenvalue weighted by atomic mass is 9.96. The zero-order valence-electron chi connectivity index (χ0n) is 16.0. The van der Waals surface area contributed by atoms with Gasteiger partial charge in [-0.3, -0.25) is 4.79 Å². The number of anilines is 1. The Hall–Kier alpha value is -2.82. The number of hydrogen-bond donors (Lipinski definition) is 2. The maximum Gasteiger partial charge on any atom is 0.223 e. The number of carbonyl (C=O) groups is 1. The van der Waals surface area contributed by atoms with E-state index in [-0.39, 0.29) is 11.8 Å². The maximum absolute atomic E-state index is 12.5. The van der Waals surface area contributed by atoms with E-state index in [2.05, 4.69) is 65.4 Å². The zero-order chi connectivity index (χ0) is 18.8. The van der Waals surface area contributed by atoms with E-state index >= 15 is 0 Å². The summed E-state index contributed by atoms with van der Waals surface area (Å²) < 4.78 is 0. The SMILES string of the molecule is Cc1cccc(CNC(=O)C2CCN(c3nc4ccc(C)cc4[nH]3)CC2)c1. The van der Waals surface area contributed by atoms with Gasteiger partial charge >= 0.3 is 0 Å². The largest absolute Gasteiger partial charge is 0.352 e. The van der Waals surface area contributed by atoms with Crippen LogP contribution in [0.15, 0.2) is 42.5 Å². The molecule has 0 aliphatic carbocycles. The predicted molar refractivity (Wildman–Crippen MR) is 109 cm³/mol. The number of aromatic nitrogens is 2. The fraction of sp³-hybridized carbons (Fsp3) is 0.364. The van der Waals surface area contributed by atoms with Gasteiger partial charge in [-0.1, -0.05) is 35.9 Å². The number of benzene rings is 2. The van der Waals surface area contributed by atoms with Gasteiger partial charge in [-0.05, 0) is 49.9 Å². The van der Waals surface area contributed by atoms with Crippen molar-refractivity contribution in [2.45, 2.75) is 33.2 Å². The number of carbonyl (C=O) groups excluding carboxylic acids is 1. The Morgan fingerprint density at radius 2 is 1.93 bits per heavy atom. The molecule has 0 unspecified atom stereocenters. The van der Waals surface area contributed by atoms with E-state index in [0.29, 0.717) is 6.54 Å². The summed E-state index contributed by atoms with van der Waals surface area (Å²) >= 11 is 0. The van der Waals surface area contributed by atoms with Gasteiger partial charge in [0.25, 0.3) is 0 Å². The summed E-state index contributed by atoms with van der Waals surface area (Å²) in [6, 6.07) is 14.5. The van der Waals surface area contributed by atoms with E-state index in [1.807, 2.05) is 6.07 Å². The summed E-state index contributed by atoms with van der Waals surface area (Å²) in [5.41, 5.74) is 5.66. The molecule has 4 rings (SSSR count). The van der Waals surface area contributed by atoms with Gasteiger partial charge in [-0.2, -0.15) is 0 Å². The van der Waals surface area contributed by atoms with Crippen molar-refractivity contribution in [2.75, 3.05) is 18.0 Å². The van der Waals surface area contributed by atoms with Crippen molar-refractivity contribution in [1.82, 2.24) is 15.3 Å². The minimum Gasteiger partial charge on any atom is -0.352 e. The minimum atomic E-state index is 0.0812. The topological polar surface area (TPSA) is 61.0 Å². The van der Waals surface area contributed by atoms with Crippen LogP contribution in [0.4, 0.5) is 5.95 Å². The number of fused-ring (bicyclic) bond motifs is 1. The number of H-pyrrole nitrogens is 1. The first-order chi connectivity index (χ1) is 13.1. The molecule has 1 saturated heterocycles. The molecule has 0 saturated carbocycles. The van der Waals surface area contributed by atoms with Crippen LogP contribution in [-0.4, -0.2) is 29.0 Å². The van der Waals surface area contributed by atoms with Gasteiger partial charge in [0.05, 0.1) is 11.0 Å². The van der Waals surface area contributed by atoms with Crippen LogP contribution in [0.5, 0.6) is 0 Å². The van der Waals surface area contributed by atoms with Crippen LogP contribution in [0.3, 0.4) is 0 Å². The molecule has 0 spiro atoms. The van der Waals surface area contributed by atoms with Crippen LogP contribution >= 0.6 is 0 Å². The number of aryl methyl sites for hydroxylation is 2. The number of nitrogens with one attached hydrogen (secondary N) is 2. The zero-order valence-corrected chi connectivity index (χ0v) is 16.0. The fourth-order valence-electron chi connectivity index (χ4n) is 3.77. The van der Waals surface area contributed by atoms with Crippen LogP contribution in [0.25, 0.3) is 11.0 Å². The summed E-state index contributed by atoms with van der Waals surface area (Å²) in [6.45, 7) is 6.45. The van der Waals surface area contributed by atoms with Crippen LogP contribution in [-0.2, 0) is 11.3 Å². The molecular formula is C22H26N4O. The number of aromatic amines is 1. The van der Waals surface area contributed by atoms with E-state index in [1.165, 1.54) is 11.1 Å². The van der Waals surface area contributed by atoms with Crippen LogP contribution in [0.1, 0.15) is 29.5 Å². The number of nitrogens with zero attached hydrogens (tertiary/aromatic N) is 2. The number of rotatable bonds is 4. The molecule has 27 heavy (non-hydrogen) atoms. The monoisotopic (exact) mass is 362 g/mol. The lowest BCUT2D eigenvalue weighted by Crippen LogP contribution is -2.40. The molecule has 1 aromatic heterocycles. The van der Waals surface area contributed by atoms with Gasteiger partial charge in [0.2, 0.25) is 11.9 Å². The molecule has 0 radical (unpaired) electrons. The van der Waals surface area contributed by atoms with Crippen molar-refractivity contribution in [3.8, 4) is 0 Å². The average Bonchev–Trinajstić information content (AvgIpc) is 3.09. The highest BCUT2D eigenvalue weighted by molar-refractivity contribution is 5.80. The molecule has 2 N–H and O–H groups in total. The molecule has 3 aromatic rings. The van der Waals surface area contributed by atoms with E-state index in [1.54, 1.807) is 0 Å². The number of piperidine rings is 1. The van der Waals surface area contributed by atoms with Crippen LogP contribution < -0.4 is 10.2 Å². The molecule has 1 aliphatic heterocycles. The first-order valence-corrected chi connectivity index (χ1v) is 9.63. The van der Waals surface area contributed by atoms with Crippen molar-refractivity contribution < 1.29 is 4.79 Å². The molecule has 1 fully saturated rings. The van der Waals surface area contributed by atoms with Crippen molar-refractivity contribution in [3.05, 3.63) is 59.2 Å². The molecule has 1 aliphatic rings. The Bertz CT molecular complexity index is 954. The third kappa shape index (κ3) is 3.97. The number of hydrogen-bond acceptors (Lipinski definition) is 3. The van der Waals surface area contributed by atoms with Crippen molar-refractivity contribution in [1.29, 1.82) is 0 Å². The maximum atomic E-state index is 12.5. The molecule has 5 nitrogen and oxygen atoms in total. The van der Waals surface area contributed by atoms with E-state index < -0.39 is 0 Å². The van der Waals surface area contributed by atoms with Gasteiger partial charge < -0.3 is 15.2 Å². The van der Waals surface area contributed by atoms with E-state index in [0.717, 1.165) is 48.5 Å². The average molecular weight is 362 g/mol. The molecule has 0 atom stereocenters. The third-order valence-corrected chi connectivity index (χ3v) is 5.34. The Morgan fingerprint density at radius 3 is 2.70 bits per heavy atom. The highest BCUT2D eigenvalue weighted by Gasteiger charge is 2.26. The minimum absolute atomic E-state index is 0.0812. The normalized spacial score (nSPS) is 15.3. The molecular weight excluding hydrogens is 336 g/mol. The van der Waals surface area contributed by atoms with Crippen molar-refractivity contribution >= 4 is 22.9 Å². The van der Waals surface area contributed by atoms with Gasteiger partial charge in [-0.25, -0.2) is 4.98 Å². The van der Waals surface area contributed by atoms with Crippen molar-refractivity contribution in [3.63, 3.8) is 0 Å². The summed E-state index contributed by atoms with van der Waals surface area (Å²) in [5.74, 6) is 1.16. The summed E-state index contributed by atoms with van der Waals surface area (Å²) in [4.78, 5) is 22.9.